The minimum absolute atomic E-state index is 0.208. The number of nitrogens with one attached hydrogen (secondary N) is 1. The molecule has 3 aromatic rings. The average Bonchev–Trinajstić information content (AvgIpc) is 3.21. The number of ether oxygens (including phenoxy) is 2. The highest BCUT2D eigenvalue weighted by Crippen LogP contribution is 2.30. The number of hydrogen-bond acceptors (Lipinski definition) is 7. The molecule has 1 aliphatic rings. The maximum Gasteiger partial charge on any atom is 0.333 e. The zero-order chi connectivity index (χ0) is 22.8. The van der Waals surface area contributed by atoms with E-state index in [0.29, 0.717) is 29.4 Å². The second kappa shape index (κ2) is 8.53. The van der Waals surface area contributed by atoms with Gasteiger partial charge in [-0.05, 0) is 36.4 Å². The monoisotopic (exact) mass is 441 g/mol. The maximum absolute atomic E-state index is 13.3. The number of halogens is 1. The molecule has 1 aromatic heterocycles. The summed E-state index contributed by atoms with van der Waals surface area (Å²) in [4.78, 5) is 39.2. The van der Waals surface area contributed by atoms with E-state index in [1.807, 2.05) is 0 Å². The fourth-order valence-electron chi connectivity index (χ4n) is 3.45. The van der Waals surface area contributed by atoms with Crippen molar-refractivity contribution < 1.29 is 18.7 Å². The van der Waals surface area contributed by atoms with Crippen molar-refractivity contribution in [3.63, 3.8) is 0 Å². The highest BCUT2D eigenvalue weighted by Gasteiger charge is 2.26. The molecule has 1 aliphatic heterocycles. The highest BCUT2D eigenvalue weighted by molar-refractivity contribution is 5.90. The number of rotatable bonds is 6. The van der Waals surface area contributed by atoms with Crippen LogP contribution in [0.2, 0.25) is 0 Å². The summed E-state index contributed by atoms with van der Waals surface area (Å²) in [5.41, 5.74) is -0.647. The zero-order valence-electron chi connectivity index (χ0n) is 17.4. The predicted molar refractivity (Wildman–Crippen MR) is 114 cm³/mol. The Bertz CT molecular complexity index is 1290. The first kappa shape index (κ1) is 21.1. The Morgan fingerprint density at radius 1 is 1.03 bits per heavy atom. The number of carbonyl (C=O) groups is 1. The molecule has 10 nitrogen and oxygen atoms in total. The number of amides is 1. The molecular weight excluding hydrogens is 421 g/mol. The number of carbonyl (C=O) groups excluding carboxylic acids is 1. The van der Waals surface area contributed by atoms with Crippen molar-refractivity contribution in [1.29, 1.82) is 0 Å². The molecule has 1 N–H and O–H groups in total. The summed E-state index contributed by atoms with van der Waals surface area (Å²) in [6.07, 6.45) is 0. The Kier molecular flexibility index (Phi) is 5.63. The van der Waals surface area contributed by atoms with Gasteiger partial charge in [0.1, 0.15) is 12.4 Å². The van der Waals surface area contributed by atoms with Crippen LogP contribution in [0.5, 0.6) is 11.5 Å². The van der Waals surface area contributed by atoms with Gasteiger partial charge < -0.3 is 19.7 Å². The molecule has 0 spiro atoms. The Hall–Kier alpha value is -4.15. The number of benzene rings is 2. The summed E-state index contributed by atoms with van der Waals surface area (Å²) in [5.74, 6) is 0.181. The average molecular weight is 441 g/mol. The standard InChI is InChI=1S/C21H20FN5O5/c1-31-16-8-5-14(11-17(16)32-2)23-18(28)12-27-20(30)19(29)26-10-9-25(21(26)24-27)15-6-3-13(22)4-7-15/h3-8,11H,9-10,12H2,1-2H3,(H,23,28). The zero-order valence-corrected chi connectivity index (χ0v) is 17.4. The van der Waals surface area contributed by atoms with Gasteiger partial charge in [0.15, 0.2) is 11.5 Å². The molecule has 0 radical (unpaired) electrons. The van der Waals surface area contributed by atoms with Crippen LogP contribution in [0, 0.1) is 5.82 Å². The van der Waals surface area contributed by atoms with E-state index in [9.17, 15) is 18.8 Å². The normalized spacial score (nSPS) is 12.4. The Morgan fingerprint density at radius 3 is 2.44 bits per heavy atom. The lowest BCUT2D eigenvalue weighted by Crippen LogP contribution is -2.44. The summed E-state index contributed by atoms with van der Waals surface area (Å²) in [7, 11) is 2.97. The maximum atomic E-state index is 13.3. The van der Waals surface area contributed by atoms with Crippen molar-refractivity contribution in [1.82, 2.24) is 14.3 Å². The smallest absolute Gasteiger partial charge is 0.333 e. The van der Waals surface area contributed by atoms with Crippen LogP contribution in [-0.2, 0) is 17.9 Å². The quantitative estimate of drug-likeness (QED) is 0.576. The SMILES string of the molecule is COc1ccc(NC(=O)Cn2nc3n(c(=O)c2=O)CCN3c2ccc(F)cc2)cc1OC. The molecule has 2 heterocycles. The molecule has 32 heavy (non-hydrogen) atoms. The second-order valence-corrected chi connectivity index (χ2v) is 6.97. The largest absolute Gasteiger partial charge is 0.493 e. The number of anilines is 3. The van der Waals surface area contributed by atoms with Gasteiger partial charge in [-0.1, -0.05) is 0 Å². The third-order valence-corrected chi connectivity index (χ3v) is 5.00. The summed E-state index contributed by atoms with van der Waals surface area (Å²) in [6, 6.07) is 10.5. The van der Waals surface area contributed by atoms with Crippen LogP contribution in [0.25, 0.3) is 0 Å². The summed E-state index contributed by atoms with van der Waals surface area (Å²) < 4.78 is 25.7. The van der Waals surface area contributed by atoms with Crippen LogP contribution >= 0.6 is 0 Å². The lowest BCUT2D eigenvalue weighted by atomic mass is 10.2. The van der Waals surface area contributed by atoms with Crippen LogP contribution in [0.15, 0.2) is 52.1 Å². The number of aromatic nitrogens is 3. The summed E-state index contributed by atoms with van der Waals surface area (Å²) in [6.45, 7) is 0.176. The molecule has 4 rings (SSSR count). The van der Waals surface area contributed by atoms with Gasteiger partial charge in [-0.2, -0.15) is 0 Å². The highest BCUT2D eigenvalue weighted by atomic mass is 19.1. The van der Waals surface area contributed by atoms with Gasteiger partial charge in [-0.25, -0.2) is 9.07 Å². The predicted octanol–water partition coefficient (Wildman–Crippen LogP) is 1.35. The van der Waals surface area contributed by atoms with E-state index in [1.165, 1.54) is 30.9 Å². The lowest BCUT2D eigenvalue weighted by Gasteiger charge is -2.18. The van der Waals surface area contributed by atoms with Crippen molar-refractivity contribution in [3.05, 3.63) is 69.0 Å². The van der Waals surface area contributed by atoms with E-state index in [4.69, 9.17) is 9.47 Å². The molecule has 0 bridgehead atoms. The Labute approximate surface area is 181 Å². The van der Waals surface area contributed by atoms with Gasteiger partial charge in [0, 0.05) is 30.5 Å². The fraction of sp³-hybridized carbons (Fsp3) is 0.238. The van der Waals surface area contributed by atoms with Gasteiger partial charge in [0.25, 0.3) is 0 Å². The summed E-state index contributed by atoms with van der Waals surface area (Å²) in [5, 5.41) is 6.87. The van der Waals surface area contributed by atoms with Crippen LogP contribution in [0.3, 0.4) is 0 Å². The fourth-order valence-corrected chi connectivity index (χ4v) is 3.45. The van der Waals surface area contributed by atoms with Crippen molar-refractivity contribution in [2.75, 3.05) is 31.0 Å². The molecule has 0 atom stereocenters. The van der Waals surface area contributed by atoms with Crippen LogP contribution in [0.1, 0.15) is 0 Å². The Morgan fingerprint density at radius 2 is 1.75 bits per heavy atom. The molecule has 0 saturated carbocycles. The molecule has 0 unspecified atom stereocenters. The van der Waals surface area contributed by atoms with Crippen LogP contribution in [-0.4, -0.2) is 41.0 Å². The van der Waals surface area contributed by atoms with Gasteiger partial charge >= 0.3 is 11.1 Å². The molecular formula is C21H20FN5O5. The van der Waals surface area contributed by atoms with E-state index in [0.717, 1.165) is 4.68 Å². The topological polar surface area (TPSA) is 108 Å². The van der Waals surface area contributed by atoms with Crippen molar-refractivity contribution >= 4 is 23.2 Å². The van der Waals surface area contributed by atoms with Gasteiger partial charge in [0.2, 0.25) is 11.9 Å². The molecule has 11 heteroatoms. The van der Waals surface area contributed by atoms with E-state index in [1.54, 1.807) is 35.2 Å². The second-order valence-electron chi connectivity index (χ2n) is 6.97. The molecule has 0 fully saturated rings. The molecule has 166 valence electrons. The van der Waals surface area contributed by atoms with Gasteiger partial charge in [-0.3, -0.25) is 19.0 Å². The minimum Gasteiger partial charge on any atom is -0.493 e. The van der Waals surface area contributed by atoms with Crippen molar-refractivity contribution in [2.24, 2.45) is 0 Å². The third-order valence-electron chi connectivity index (χ3n) is 5.00. The van der Waals surface area contributed by atoms with Crippen molar-refractivity contribution in [3.8, 4) is 11.5 Å². The first-order chi connectivity index (χ1) is 15.4. The molecule has 0 saturated heterocycles. The minimum atomic E-state index is -0.905. The first-order valence-corrected chi connectivity index (χ1v) is 9.68. The number of fused-ring (bicyclic) bond motifs is 1. The number of methoxy groups -OCH3 is 2. The Balaban J connectivity index is 1.60. The van der Waals surface area contributed by atoms with E-state index in [2.05, 4.69) is 10.4 Å². The lowest BCUT2D eigenvalue weighted by molar-refractivity contribution is -0.117. The number of nitrogens with zero attached hydrogens (tertiary/aromatic N) is 4. The molecule has 0 aliphatic carbocycles. The summed E-state index contributed by atoms with van der Waals surface area (Å²) >= 11 is 0. The van der Waals surface area contributed by atoms with E-state index < -0.39 is 29.4 Å². The number of hydrogen-bond donors (Lipinski definition) is 1. The van der Waals surface area contributed by atoms with Crippen LogP contribution in [0.4, 0.5) is 21.7 Å². The van der Waals surface area contributed by atoms with Crippen LogP contribution < -0.4 is 30.8 Å². The van der Waals surface area contributed by atoms with Gasteiger partial charge in [-0.15, -0.1) is 5.10 Å². The first-order valence-electron chi connectivity index (χ1n) is 9.68. The third kappa shape index (κ3) is 3.92. The van der Waals surface area contributed by atoms with E-state index >= 15 is 0 Å². The van der Waals surface area contributed by atoms with Crippen molar-refractivity contribution in [2.45, 2.75) is 13.1 Å². The van der Waals surface area contributed by atoms with E-state index in [-0.39, 0.29) is 12.5 Å². The molecule has 1 amide bonds. The molecule has 2 aromatic carbocycles. The van der Waals surface area contributed by atoms with Gasteiger partial charge in [0.05, 0.1) is 14.2 Å².